The molecule has 1 aromatic carbocycles. The molecule has 8 heteroatoms. The van der Waals surface area contributed by atoms with Crippen LogP contribution in [-0.2, 0) is 4.74 Å². The van der Waals surface area contributed by atoms with E-state index < -0.39 is 0 Å². The molecule has 7 nitrogen and oxygen atoms in total. The van der Waals surface area contributed by atoms with Gasteiger partial charge in [-0.3, -0.25) is 9.69 Å². The van der Waals surface area contributed by atoms with E-state index in [-0.39, 0.29) is 5.91 Å². The van der Waals surface area contributed by atoms with Crippen LogP contribution in [0.15, 0.2) is 30.6 Å². The molecule has 1 aromatic heterocycles. The molecule has 1 saturated heterocycles. The Morgan fingerprint density at radius 1 is 1.27 bits per heavy atom. The van der Waals surface area contributed by atoms with Gasteiger partial charge in [0.2, 0.25) is 5.95 Å². The summed E-state index contributed by atoms with van der Waals surface area (Å²) in [7, 11) is 0. The second-order valence-corrected chi connectivity index (χ2v) is 6.45. The zero-order chi connectivity index (χ0) is 18.4. The zero-order valence-electron chi connectivity index (χ0n) is 14.7. The lowest BCUT2D eigenvalue weighted by molar-refractivity contribution is 0.0398. The topological polar surface area (TPSA) is 79.4 Å². The molecular weight excluding hydrogens is 354 g/mol. The lowest BCUT2D eigenvalue weighted by Crippen LogP contribution is -2.39. The summed E-state index contributed by atoms with van der Waals surface area (Å²) in [5.41, 5.74) is 1.89. The standard InChI is InChI=1S/C18H22ClN5O2/c1-13-15(19)3-2-4-16(13)23-17(25)14-11-21-18(22-12-14)20-5-6-24-7-9-26-10-8-24/h2-4,11-12H,5-10H2,1H3,(H,23,25)(H,20,21,22). The second-order valence-electron chi connectivity index (χ2n) is 6.04. The number of aromatic nitrogens is 2. The van der Waals surface area contributed by atoms with Crippen LogP contribution in [0, 0.1) is 6.92 Å². The Balaban J connectivity index is 1.51. The SMILES string of the molecule is Cc1c(Cl)cccc1NC(=O)c1cnc(NCCN2CCOCC2)nc1. The minimum Gasteiger partial charge on any atom is -0.379 e. The minimum absolute atomic E-state index is 0.268. The Morgan fingerprint density at radius 2 is 2.00 bits per heavy atom. The fourth-order valence-corrected chi connectivity index (χ4v) is 2.80. The predicted molar refractivity (Wildman–Crippen MR) is 102 cm³/mol. The molecule has 2 aromatic rings. The number of carbonyl (C=O) groups excluding carboxylic acids is 1. The van der Waals surface area contributed by atoms with Gasteiger partial charge in [-0.25, -0.2) is 9.97 Å². The van der Waals surface area contributed by atoms with Gasteiger partial charge in [-0.2, -0.15) is 0 Å². The summed E-state index contributed by atoms with van der Waals surface area (Å²) in [6, 6.07) is 5.39. The maximum Gasteiger partial charge on any atom is 0.258 e. The van der Waals surface area contributed by atoms with Crippen LogP contribution in [0.5, 0.6) is 0 Å². The van der Waals surface area contributed by atoms with Crippen LogP contribution < -0.4 is 10.6 Å². The van der Waals surface area contributed by atoms with Crippen LogP contribution in [0.1, 0.15) is 15.9 Å². The van der Waals surface area contributed by atoms with Gasteiger partial charge < -0.3 is 15.4 Å². The molecule has 0 bridgehead atoms. The third kappa shape index (κ3) is 4.91. The first-order chi connectivity index (χ1) is 12.6. The summed E-state index contributed by atoms with van der Waals surface area (Å²) in [6.07, 6.45) is 3.03. The van der Waals surface area contributed by atoms with Crippen LogP contribution in [0.3, 0.4) is 0 Å². The maximum absolute atomic E-state index is 12.3. The van der Waals surface area contributed by atoms with E-state index >= 15 is 0 Å². The number of hydrogen-bond acceptors (Lipinski definition) is 6. The molecule has 0 atom stereocenters. The Hall–Kier alpha value is -2.22. The van der Waals surface area contributed by atoms with Gasteiger partial charge in [0.15, 0.2) is 0 Å². The lowest BCUT2D eigenvalue weighted by Gasteiger charge is -2.26. The molecule has 1 aliphatic rings. The number of carbonyl (C=O) groups is 1. The molecule has 26 heavy (non-hydrogen) atoms. The average molecular weight is 376 g/mol. The van der Waals surface area contributed by atoms with Crippen molar-refractivity contribution >= 4 is 29.1 Å². The number of nitrogens with zero attached hydrogens (tertiary/aromatic N) is 3. The molecule has 138 valence electrons. The number of morpholine rings is 1. The van der Waals surface area contributed by atoms with Crippen molar-refractivity contribution in [3.8, 4) is 0 Å². The van der Waals surface area contributed by atoms with E-state index in [2.05, 4.69) is 25.5 Å². The van der Waals surface area contributed by atoms with E-state index in [1.54, 1.807) is 12.1 Å². The highest BCUT2D eigenvalue weighted by Gasteiger charge is 2.11. The van der Waals surface area contributed by atoms with Crippen LogP contribution in [0.4, 0.5) is 11.6 Å². The van der Waals surface area contributed by atoms with E-state index in [1.165, 1.54) is 12.4 Å². The van der Waals surface area contributed by atoms with Crippen molar-refractivity contribution in [3.63, 3.8) is 0 Å². The summed E-state index contributed by atoms with van der Waals surface area (Å²) in [5, 5.41) is 6.61. The van der Waals surface area contributed by atoms with Gasteiger partial charge >= 0.3 is 0 Å². The second kappa shape index (κ2) is 8.93. The van der Waals surface area contributed by atoms with Crippen molar-refractivity contribution in [1.82, 2.24) is 14.9 Å². The van der Waals surface area contributed by atoms with Gasteiger partial charge in [-0.15, -0.1) is 0 Å². The quantitative estimate of drug-likeness (QED) is 0.807. The first kappa shape index (κ1) is 18.6. The Kier molecular flexibility index (Phi) is 6.38. The Morgan fingerprint density at radius 3 is 2.73 bits per heavy atom. The highest BCUT2D eigenvalue weighted by atomic mass is 35.5. The fraction of sp³-hybridized carbons (Fsp3) is 0.389. The minimum atomic E-state index is -0.268. The largest absolute Gasteiger partial charge is 0.379 e. The summed E-state index contributed by atoms with van der Waals surface area (Å²) in [5.74, 6) is 0.240. The number of amides is 1. The van der Waals surface area contributed by atoms with E-state index in [9.17, 15) is 4.79 Å². The molecule has 1 fully saturated rings. The number of ether oxygens (including phenoxy) is 1. The molecule has 0 unspecified atom stereocenters. The summed E-state index contributed by atoms with van der Waals surface area (Å²) >= 11 is 6.07. The lowest BCUT2D eigenvalue weighted by atomic mass is 10.2. The van der Waals surface area contributed by atoms with Crippen LogP contribution in [-0.4, -0.2) is 60.2 Å². The smallest absolute Gasteiger partial charge is 0.258 e. The molecule has 2 heterocycles. The first-order valence-corrected chi connectivity index (χ1v) is 8.94. The van der Waals surface area contributed by atoms with Crippen molar-refractivity contribution in [2.24, 2.45) is 0 Å². The number of halogens is 1. The van der Waals surface area contributed by atoms with Crippen molar-refractivity contribution in [2.45, 2.75) is 6.92 Å². The average Bonchev–Trinajstić information content (AvgIpc) is 2.67. The third-order valence-corrected chi connectivity index (χ3v) is 4.65. The van der Waals surface area contributed by atoms with Gasteiger partial charge in [-0.1, -0.05) is 17.7 Å². The zero-order valence-corrected chi connectivity index (χ0v) is 15.4. The van der Waals surface area contributed by atoms with Crippen molar-refractivity contribution in [2.75, 3.05) is 50.0 Å². The van der Waals surface area contributed by atoms with Crippen LogP contribution in [0.2, 0.25) is 5.02 Å². The number of nitrogens with one attached hydrogen (secondary N) is 2. The molecule has 2 N–H and O–H groups in total. The van der Waals surface area contributed by atoms with Crippen LogP contribution >= 0.6 is 11.6 Å². The van der Waals surface area contributed by atoms with E-state index in [1.807, 2.05) is 13.0 Å². The number of rotatable bonds is 6. The Labute approximate surface area is 157 Å². The first-order valence-electron chi connectivity index (χ1n) is 8.56. The molecule has 0 saturated carbocycles. The predicted octanol–water partition coefficient (Wildman–Crippen LogP) is 2.43. The molecule has 1 amide bonds. The number of hydrogen-bond donors (Lipinski definition) is 2. The van der Waals surface area contributed by atoms with E-state index in [4.69, 9.17) is 16.3 Å². The summed E-state index contributed by atoms with van der Waals surface area (Å²) in [6.45, 7) is 6.97. The Bertz CT molecular complexity index is 748. The molecule has 1 aliphatic heterocycles. The van der Waals surface area contributed by atoms with Gasteiger partial charge in [-0.05, 0) is 24.6 Å². The van der Waals surface area contributed by atoms with Crippen LogP contribution in [0.25, 0.3) is 0 Å². The molecule has 0 aliphatic carbocycles. The molecule has 3 rings (SSSR count). The normalized spacial score (nSPS) is 14.8. The van der Waals surface area contributed by atoms with Crippen molar-refractivity contribution in [3.05, 3.63) is 46.7 Å². The number of anilines is 2. The highest BCUT2D eigenvalue weighted by Crippen LogP contribution is 2.23. The summed E-state index contributed by atoms with van der Waals surface area (Å²) < 4.78 is 5.32. The van der Waals surface area contributed by atoms with E-state index in [0.29, 0.717) is 22.2 Å². The third-order valence-electron chi connectivity index (χ3n) is 4.24. The molecule has 0 spiro atoms. The molecule has 0 radical (unpaired) electrons. The monoisotopic (exact) mass is 375 g/mol. The number of benzene rings is 1. The van der Waals surface area contributed by atoms with E-state index in [0.717, 1.165) is 45.0 Å². The highest BCUT2D eigenvalue weighted by molar-refractivity contribution is 6.31. The summed E-state index contributed by atoms with van der Waals surface area (Å²) in [4.78, 5) is 23.1. The fourth-order valence-electron chi connectivity index (χ4n) is 2.62. The maximum atomic E-state index is 12.3. The van der Waals surface area contributed by atoms with Gasteiger partial charge in [0.05, 0.1) is 18.8 Å². The van der Waals surface area contributed by atoms with Crippen molar-refractivity contribution in [1.29, 1.82) is 0 Å². The van der Waals surface area contributed by atoms with Gasteiger partial charge in [0, 0.05) is 49.3 Å². The molecular formula is C18H22ClN5O2. The van der Waals surface area contributed by atoms with Gasteiger partial charge in [0.25, 0.3) is 5.91 Å². The van der Waals surface area contributed by atoms with Gasteiger partial charge in [0.1, 0.15) is 0 Å². The van der Waals surface area contributed by atoms with Crippen molar-refractivity contribution < 1.29 is 9.53 Å².